The molecule has 0 aromatic heterocycles. The van der Waals surface area contributed by atoms with Gasteiger partial charge in [-0.1, -0.05) is 11.6 Å². The number of primary sulfonamides is 1. The molecule has 0 aliphatic heterocycles. The molecule has 0 radical (unpaired) electrons. The standard InChI is InChI=1S/C10H12ClIN2O3S/c11-8-6-7(2-3-9(8)12)10(15)14-4-1-5-18(13,16)17/h2-3,6H,1,4-5H2,(H,14,15)(H2,13,16,17). The highest BCUT2D eigenvalue weighted by Crippen LogP contribution is 2.19. The molecule has 0 aliphatic carbocycles. The van der Waals surface area contributed by atoms with Gasteiger partial charge in [-0.2, -0.15) is 0 Å². The molecule has 8 heteroatoms. The zero-order valence-corrected chi connectivity index (χ0v) is 13.0. The maximum atomic E-state index is 11.7. The van der Waals surface area contributed by atoms with Crippen LogP contribution < -0.4 is 10.5 Å². The van der Waals surface area contributed by atoms with Crippen molar-refractivity contribution in [1.82, 2.24) is 5.32 Å². The molecule has 3 N–H and O–H groups in total. The van der Waals surface area contributed by atoms with Crippen LogP contribution in [-0.2, 0) is 10.0 Å². The summed E-state index contributed by atoms with van der Waals surface area (Å²) in [5, 5.41) is 7.95. The van der Waals surface area contributed by atoms with Gasteiger partial charge in [0.2, 0.25) is 10.0 Å². The molecule has 0 aliphatic rings. The topological polar surface area (TPSA) is 89.3 Å². The van der Waals surface area contributed by atoms with Crippen molar-refractivity contribution in [3.63, 3.8) is 0 Å². The van der Waals surface area contributed by atoms with Crippen molar-refractivity contribution in [2.75, 3.05) is 12.3 Å². The van der Waals surface area contributed by atoms with E-state index in [-0.39, 0.29) is 24.6 Å². The first-order valence-corrected chi connectivity index (χ1v) is 8.20. The molecule has 0 saturated heterocycles. The van der Waals surface area contributed by atoms with Gasteiger partial charge >= 0.3 is 0 Å². The van der Waals surface area contributed by atoms with Gasteiger partial charge in [0.05, 0.1) is 10.8 Å². The number of sulfonamides is 1. The van der Waals surface area contributed by atoms with Gasteiger partial charge in [0.25, 0.3) is 5.91 Å². The Morgan fingerprint density at radius 1 is 1.44 bits per heavy atom. The zero-order chi connectivity index (χ0) is 13.8. The van der Waals surface area contributed by atoms with E-state index in [2.05, 4.69) is 27.9 Å². The monoisotopic (exact) mass is 402 g/mol. The van der Waals surface area contributed by atoms with E-state index in [1.54, 1.807) is 18.2 Å². The number of carbonyl (C=O) groups excluding carboxylic acids is 1. The van der Waals surface area contributed by atoms with Crippen LogP contribution in [-0.4, -0.2) is 26.6 Å². The molecule has 18 heavy (non-hydrogen) atoms. The van der Waals surface area contributed by atoms with E-state index in [0.29, 0.717) is 10.6 Å². The first-order chi connectivity index (χ1) is 8.29. The summed E-state index contributed by atoms with van der Waals surface area (Å²) in [5.41, 5.74) is 0.441. The van der Waals surface area contributed by atoms with Gasteiger partial charge in [-0.25, -0.2) is 13.6 Å². The quantitative estimate of drug-likeness (QED) is 0.575. The molecule has 0 fully saturated rings. The highest BCUT2D eigenvalue weighted by atomic mass is 127. The van der Waals surface area contributed by atoms with Crippen LogP contribution in [0.15, 0.2) is 18.2 Å². The number of rotatable bonds is 5. The number of halogens is 2. The molecule has 100 valence electrons. The van der Waals surface area contributed by atoms with Gasteiger partial charge < -0.3 is 5.32 Å². The fourth-order valence-electron chi connectivity index (χ4n) is 1.21. The molecular formula is C10H12ClIN2O3S. The smallest absolute Gasteiger partial charge is 0.251 e. The van der Waals surface area contributed by atoms with Gasteiger partial charge in [0, 0.05) is 15.7 Å². The van der Waals surface area contributed by atoms with Crippen LogP contribution in [0.1, 0.15) is 16.8 Å². The van der Waals surface area contributed by atoms with Crippen molar-refractivity contribution < 1.29 is 13.2 Å². The highest BCUT2D eigenvalue weighted by molar-refractivity contribution is 14.1. The molecule has 0 heterocycles. The van der Waals surface area contributed by atoms with E-state index in [1.807, 2.05) is 0 Å². The summed E-state index contributed by atoms with van der Waals surface area (Å²) < 4.78 is 22.2. The molecule has 1 amide bonds. The van der Waals surface area contributed by atoms with Gasteiger partial charge in [0.15, 0.2) is 0 Å². The Hall–Kier alpha value is -0.380. The van der Waals surface area contributed by atoms with E-state index in [9.17, 15) is 13.2 Å². The second kappa shape index (κ2) is 6.69. The Bertz CT molecular complexity index is 548. The molecule has 0 saturated carbocycles. The van der Waals surface area contributed by atoms with Crippen LogP contribution in [0.3, 0.4) is 0 Å². The highest BCUT2D eigenvalue weighted by Gasteiger charge is 2.08. The van der Waals surface area contributed by atoms with Crippen LogP contribution in [0.25, 0.3) is 0 Å². The van der Waals surface area contributed by atoms with E-state index >= 15 is 0 Å². The lowest BCUT2D eigenvalue weighted by molar-refractivity contribution is 0.0953. The van der Waals surface area contributed by atoms with E-state index in [1.165, 1.54) is 0 Å². The Balaban J connectivity index is 2.48. The predicted molar refractivity (Wildman–Crippen MR) is 79.1 cm³/mol. The lowest BCUT2D eigenvalue weighted by Crippen LogP contribution is -2.27. The molecule has 0 atom stereocenters. The largest absolute Gasteiger partial charge is 0.352 e. The summed E-state index contributed by atoms with van der Waals surface area (Å²) in [6.07, 6.45) is 0.280. The minimum atomic E-state index is -3.47. The molecule has 5 nitrogen and oxygen atoms in total. The molecule has 0 spiro atoms. The predicted octanol–water partition coefficient (Wildman–Crippen LogP) is 1.35. The average Bonchev–Trinajstić information content (AvgIpc) is 2.26. The van der Waals surface area contributed by atoms with E-state index in [0.717, 1.165) is 3.57 Å². The molecular weight excluding hydrogens is 391 g/mol. The average molecular weight is 403 g/mol. The number of carbonyl (C=O) groups is 1. The minimum absolute atomic E-state index is 0.152. The number of hydrogen-bond donors (Lipinski definition) is 2. The summed E-state index contributed by atoms with van der Waals surface area (Å²) in [6.45, 7) is 0.249. The summed E-state index contributed by atoms with van der Waals surface area (Å²) >= 11 is 7.96. The fraction of sp³-hybridized carbons (Fsp3) is 0.300. The molecule has 1 rings (SSSR count). The van der Waals surface area contributed by atoms with E-state index < -0.39 is 10.0 Å². The third kappa shape index (κ3) is 5.51. The third-order valence-electron chi connectivity index (χ3n) is 2.07. The lowest BCUT2D eigenvalue weighted by Gasteiger charge is -2.05. The van der Waals surface area contributed by atoms with Crippen molar-refractivity contribution in [3.8, 4) is 0 Å². The number of benzene rings is 1. The number of nitrogens with two attached hydrogens (primary N) is 1. The van der Waals surface area contributed by atoms with Gasteiger partial charge in [-0.3, -0.25) is 4.79 Å². The maximum absolute atomic E-state index is 11.7. The normalized spacial score (nSPS) is 11.3. The van der Waals surface area contributed by atoms with E-state index in [4.69, 9.17) is 16.7 Å². The number of amides is 1. The van der Waals surface area contributed by atoms with Crippen molar-refractivity contribution in [2.24, 2.45) is 5.14 Å². The molecule has 1 aromatic rings. The van der Waals surface area contributed by atoms with Crippen LogP contribution in [0.2, 0.25) is 5.02 Å². The fourth-order valence-corrected chi connectivity index (χ4v) is 2.28. The van der Waals surface area contributed by atoms with Crippen molar-refractivity contribution in [2.45, 2.75) is 6.42 Å². The minimum Gasteiger partial charge on any atom is -0.352 e. The summed E-state index contributed by atoms with van der Waals surface area (Å²) in [6, 6.07) is 4.96. The molecule has 1 aromatic carbocycles. The third-order valence-corrected chi connectivity index (χ3v) is 4.50. The first kappa shape index (κ1) is 15.7. The Labute approximate surface area is 124 Å². The Morgan fingerprint density at radius 2 is 2.11 bits per heavy atom. The Morgan fingerprint density at radius 3 is 2.67 bits per heavy atom. The second-order valence-electron chi connectivity index (χ2n) is 3.61. The lowest BCUT2D eigenvalue weighted by atomic mass is 10.2. The second-order valence-corrected chi connectivity index (χ2v) is 6.91. The van der Waals surface area contributed by atoms with Crippen molar-refractivity contribution in [3.05, 3.63) is 32.4 Å². The van der Waals surface area contributed by atoms with Crippen LogP contribution >= 0.6 is 34.2 Å². The summed E-state index contributed by atoms with van der Waals surface area (Å²) in [4.78, 5) is 11.7. The molecule has 0 unspecified atom stereocenters. The number of nitrogens with one attached hydrogen (secondary N) is 1. The maximum Gasteiger partial charge on any atom is 0.251 e. The van der Waals surface area contributed by atoms with Crippen LogP contribution in [0.5, 0.6) is 0 Å². The summed E-state index contributed by atoms with van der Waals surface area (Å²) in [7, 11) is -3.47. The molecule has 0 bridgehead atoms. The zero-order valence-electron chi connectivity index (χ0n) is 9.32. The van der Waals surface area contributed by atoms with Crippen molar-refractivity contribution >= 4 is 50.1 Å². The number of hydrogen-bond acceptors (Lipinski definition) is 3. The van der Waals surface area contributed by atoms with Crippen LogP contribution in [0, 0.1) is 3.57 Å². The summed E-state index contributed by atoms with van der Waals surface area (Å²) in [5.74, 6) is -0.441. The van der Waals surface area contributed by atoms with Gasteiger partial charge in [0.1, 0.15) is 0 Å². The first-order valence-electron chi connectivity index (χ1n) is 5.03. The van der Waals surface area contributed by atoms with Gasteiger partial charge in [-0.05, 0) is 47.2 Å². The van der Waals surface area contributed by atoms with Crippen LogP contribution in [0.4, 0.5) is 0 Å². The SMILES string of the molecule is NS(=O)(=O)CCCNC(=O)c1ccc(I)c(Cl)c1. The van der Waals surface area contributed by atoms with Gasteiger partial charge in [-0.15, -0.1) is 0 Å². The van der Waals surface area contributed by atoms with Crippen molar-refractivity contribution in [1.29, 1.82) is 0 Å². The Kier molecular flexibility index (Phi) is 5.83.